The zero-order valence-electron chi connectivity index (χ0n) is 10.0. The van der Waals surface area contributed by atoms with Gasteiger partial charge in [-0.1, -0.05) is 0 Å². The van der Waals surface area contributed by atoms with Crippen molar-refractivity contribution in [1.82, 2.24) is 10.2 Å². The minimum absolute atomic E-state index is 0.820. The third-order valence-corrected chi connectivity index (χ3v) is 6.41. The largest absolute Gasteiger partial charge is 0.319 e. The van der Waals surface area contributed by atoms with Crippen molar-refractivity contribution in [2.24, 2.45) is 5.92 Å². The van der Waals surface area contributed by atoms with Gasteiger partial charge in [0.15, 0.2) is 0 Å². The third-order valence-electron chi connectivity index (χ3n) is 3.17. The van der Waals surface area contributed by atoms with Crippen LogP contribution in [-0.4, -0.2) is 31.6 Å². The summed E-state index contributed by atoms with van der Waals surface area (Å²) >= 11 is 8.95. The van der Waals surface area contributed by atoms with Crippen molar-refractivity contribution in [2.75, 3.05) is 26.7 Å². The standard InChI is InChI=1S/C12H18Br2N2S/c1-15-6-9-3-2-4-16(7-9)8-10-5-11(13)12(14)17-10/h5,9,15H,2-4,6-8H2,1H3. The Morgan fingerprint density at radius 3 is 3.00 bits per heavy atom. The van der Waals surface area contributed by atoms with E-state index in [4.69, 9.17) is 0 Å². The van der Waals surface area contributed by atoms with Crippen LogP contribution in [0.4, 0.5) is 0 Å². The van der Waals surface area contributed by atoms with Crippen molar-refractivity contribution in [1.29, 1.82) is 0 Å². The highest BCUT2D eigenvalue weighted by molar-refractivity contribution is 9.13. The van der Waals surface area contributed by atoms with E-state index < -0.39 is 0 Å². The molecule has 0 spiro atoms. The molecule has 0 aromatic carbocycles. The minimum Gasteiger partial charge on any atom is -0.319 e. The van der Waals surface area contributed by atoms with Gasteiger partial charge in [-0.3, -0.25) is 4.90 Å². The molecule has 96 valence electrons. The van der Waals surface area contributed by atoms with Crippen molar-refractivity contribution in [3.63, 3.8) is 0 Å². The first kappa shape index (κ1) is 14.0. The van der Waals surface area contributed by atoms with Crippen LogP contribution in [0.5, 0.6) is 0 Å². The zero-order chi connectivity index (χ0) is 12.3. The van der Waals surface area contributed by atoms with Gasteiger partial charge in [-0.05, 0) is 76.8 Å². The molecule has 1 N–H and O–H groups in total. The van der Waals surface area contributed by atoms with Crippen molar-refractivity contribution in [3.05, 3.63) is 19.2 Å². The van der Waals surface area contributed by atoms with Gasteiger partial charge in [0.1, 0.15) is 0 Å². The van der Waals surface area contributed by atoms with E-state index in [2.05, 4.69) is 48.1 Å². The summed E-state index contributed by atoms with van der Waals surface area (Å²) in [6, 6.07) is 2.23. The smallest absolute Gasteiger partial charge is 0.0843 e. The van der Waals surface area contributed by atoms with Crippen LogP contribution in [0.25, 0.3) is 0 Å². The molecule has 0 bridgehead atoms. The van der Waals surface area contributed by atoms with Gasteiger partial charge in [0.25, 0.3) is 0 Å². The van der Waals surface area contributed by atoms with Gasteiger partial charge in [0.05, 0.1) is 3.79 Å². The van der Waals surface area contributed by atoms with Gasteiger partial charge in [0.2, 0.25) is 0 Å². The summed E-state index contributed by atoms with van der Waals surface area (Å²) in [5, 5.41) is 3.30. The fourth-order valence-corrected chi connectivity index (χ4v) is 4.66. The zero-order valence-corrected chi connectivity index (χ0v) is 14.0. The Balaban J connectivity index is 1.90. The Morgan fingerprint density at radius 2 is 2.35 bits per heavy atom. The molecule has 0 radical (unpaired) electrons. The molecule has 0 saturated carbocycles. The summed E-state index contributed by atoms with van der Waals surface area (Å²) < 4.78 is 2.39. The second-order valence-electron chi connectivity index (χ2n) is 4.64. The fraction of sp³-hybridized carbons (Fsp3) is 0.667. The maximum atomic E-state index is 3.56. The third kappa shape index (κ3) is 4.03. The van der Waals surface area contributed by atoms with Crippen molar-refractivity contribution >= 4 is 43.2 Å². The molecule has 1 aromatic rings. The molecule has 2 heterocycles. The van der Waals surface area contributed by atoms with Crippen LogP contribution >= 0.6 is 43.2 Å². The van der Waals surface area contributed by atoms with E-state index in [0.717, 1.165) is 19.0 Å². The second kappa shape index (κ2) is 6.66. The monoisotopic (exact) mass is 380 g/mol. The van der Waals surface area contributed by atoms with E-state index in [9.17, 15) is 0 Å². The Morgan fingerprint density at radius 1 is 1.53 bits per heavy atom. The average Bonchev–Trinajstić information content (AvgIpc) is 2.59. The summed E-state index contributed by atoms with van der Waals surface area (Å²) in [5.74, 6) is 0.820. The lowest BCUT2D eigenvalue weighted by atomic mass is 9.98. The van der Waals surface area contributed by atoms with Crippen LogP contribution in [0, 0.1) is 5.92 Å². The molecule has 2 rings (SSSR count). The van der Waals surface area contributed by atoms with Crippen LogP contribution in [0.1, 0.15) is 17.7 Å². The van der Waals surface area contributed by atoms with Gasteiger partial charge in [0, 0.05) is 22.4 Å². The predicted molar refractivity (Wildman–Crippen MR) is 81.6 cm³/mol. The van der Waals surface area contributed by atoms with Gasteiger partial charge >= 0.3 is 0 Å². The highest BCUT2D eigenvalue weighted by Gasteiger charge is 2.20. The molecule has 0 amide bonds. The molecular weight excluding hydrogens is 364 g/mol. The van der Waals surface area contributed by atoms with Gasteiger partial charge in [-0.25, -0.2) is 0 Å². The second-order valence-corrected chi connectivity index (χ2v) is 7.94. The van der Waals surface area contributed by atoms with E-state index in [0.29, 0.717) is 0 Å². The number of nitrogens with one attached hydrogen (secondary N) is 1. The predicted octanol–water partition coefficient (Wildman–Crippen LogP) is 3.70. The summed E-state index contributed by atoms with van der Waals surface area (Å²) in [7, 11) is 2.05. The molecule has 17 heavy (non-hydrogen) atoms. The van der Waals surface area contributed by atoms with Crippen LogP contribution in [-0.2, 0) is 6.54 Å². The van der Waals surface area contributed by atoms with E-state index in [1.165, 1.54) is 39.1 Å². The molecule has 1 aromatic heterocycles. The summed E-state index contributed by atoms with van der Waals surface area (Å²) in [6.45, 7) is 4.71. The topological polar surface area (TPSA) is 15.3 Å². The molecule has 1 aliphatic heterocycles. The summed E-state index contributed by atoms with van der Waals surface area (Å²) in [4.78, 5) is 4.02. The first-order valence-electron chi connectivity index (χ1n) is 5.99. The normalized spacial score (nSPS) is 21.9. The molecule has 1 aliphatic rings. The maximum Gasteiger partial charge on any atom is 0.0843 e. The summed E-state index contributed by atoms with van der Waals surface area (Å²) in [5.41, 5.74) is 0. The highest BCUT2D eigenvalue weighted by atomic mass is 79.9. The molecule has 2 nitrogen and oxygen atoms in total. The first-order chi connectivity index (χ1) is 8.19. The van der Waals surface area contributed by atoms with E-state index >= 15 is 0 Å². The lowest BCUT2D eigenvalue weighted by Gasteiger charge is -2.32. The van der Waals surface area contributed by atoms with Crippen LogP contribution in [0.15, 0.2) is 14.3 Å². The van der Waals surface area contributed by atoms with Crippen LogP contribution in [0.2, 0.25) is 0 Å². The number of rotatable bonds is 4. The van der Waals surface area contributed by atoms with Gasteiger partial charge in [-0.2, -0.15) is 0 Å². The molecule has 1 saturated heterocycles. The van der Waals surface area contributed by atoms with Crippen molar-refractivity contribution in [3.8, 4) is 0 Å². The number of halogens is 2. The molecule has 1 unspecified atom stereocenters. The Kier molecular flexibility index (Phi) is 5.49. The number of nitrogens with zero attached hydrogens (tertiary/aromatic N) is 1. The highest BCUT2D eigenvalue weighted by Crippen LogP contribution is 2.33. The Bertz CT molecular complexity index is 346. The fourth-order valence-electron chi connectivity index (χ4n) is 2.44. The average molecular weight is 382 g/mol. The first-order valence-corrected chi connectivity index (χ1v) is 8.40. The number of piperidine rings is 1. The lowest BCUT2D eigenvalue weighted by molar-refractivity contribution is 0.168. The number of hydrogen-bond donors (Lipinski definition) is 1. The number of likely N-dealkylation sites (tertiary alicyclic amines) is 1. The Labute approximate surface area is 124 Å². The van der Waals surface area contributed by atoms with E-state index in [1.54, 1.807) is 0 Å². The molecule has 1 atom stereocenters. The van der Waals surface area contributed by atoms with Crippen LogP contribution < -0.4 is 5.32 Å². The molecule has 0 aliphatic carbocycles. The summed E-state index contributed by atoms with van der Waals surface area (Å²) in [6.07, 6.45) is 2.70. The quantitative estimate of drug-likeness (QED) is 0.855. The number of hydrogen-bond acceptors (Lipinski definition) is 3. The lowest BCUT2D eigenvalue weighted by Crippen LogP contribution is -2.38. The number of thiophene rings is 1. The van der Waals surface area contributed by atoms with E-state index in [1.807, 2.05) is 18.4 Å². The molecule has 5 heteroatoms. The van der Waals surface area contributed by atoms with Gasteiger partial charge in [-0.15, -0.1) is 11.3 Å². The minimum atomic E-state index is 0.820. The van der Waals surface area contributed by atoms with Crippen molar-refractivity contribution < 1.29 is 0 Å². The van der Waals surface area contributed by atoms with Crippen molar-refractivity contribution in [2.45, 2.75) is 19.4 Å². The van der Waals surface area contributed by atoms with Crippen LogP contribution in [0.3, 0.4) is 0 Å². The SMILES string of the molecule is CNCC1CCCN(Cc2cc(Br)c(Br)s2)C1. The molecular formula is C12H18Br2N2S. The van der Waals surface area contributed by atoms with Gasteiger partial charge < -0.3 is 5.32 Å². The molecule has 1 fully saturated rings. The van der Waals surface area contributed by atoms with E-state index in [-0.39, 0.29) is 0 Å². The maximum absolute atomic E-state index is 3.56. The Hall–Kier alpha value is 0.580.